The fourth-order valence-corrected chi connectivity index (χ4v) is 3.61. The molecule has 3 rings (SSSR count). The molecule has 0 aliphatic rings. The van der Waals surface area contributed by atoms with Crippen molar-refractivity contribution in [2.24, 2.45) is 0 Å². The molecular formula is C19H18N2O4S. The molecule has 0 radical (unpaired) electrons. The smallest absolute Gasteiger partial charge is 0.351 e. The maximum Gasteiger partial charge on any atom is 0.351 e. The highest BCUT2D eigenvalue weighted by atomic mass is 32.1. The predicted molar refractivity (Wildman–Crippen MR) is 102 cm³/mol. The number of thiophene rings is 1. The zero-order chi connectivity index (χ0) is 18.5. The summed E-state index contributed by atoms with van der Waals surface area (Å²) in [5.74, 6) is 0.00311. The van der Waals surface area contributed by atoms with E-state index in [0.717, 1.165) is 15.6 Å². The summed E-state index contributed by atoms with van der Waals surface area (Å²) in [5.41, 5.74) is 1.62. The fraction of sp³-hybridized carbons (Fsp3) is 0.158. The largest absolute Gasteiger partial charge is 0.494 e. The molecule has 2 amide bonds. The number of esters is 1. The van der Waals surface area contributed by atoms with Crippen molar-refractivity contribution in [2.75, 3.05) is 19.5 Å². The second-order valence-electron chi connectivity index (χ2n) is 5.46. The van der Waals surface area contributed by atoms with Gasteiger partial charge in [-0.1, -0.05) is 30.3 Å². The zero-order valence-corrected chi connectivity index (χ0v) is 15.2. The van der Waals surface area contributed by atoms with Crippen molar-refractivity contribution in [1.82, 2.24) is 5.32 Å². The third kappa shape index (κ3) is 3.78. The average Bonchev–Trinajstić information content (AvgIpc) is 3.04. The summed E-state index contributed by atoms with van der Waals surface area (Å²) in [4.78, 5) is 24.4. The van der Waals surface area contributed by atoms with E-state index in [1.807, 2.05) is 36.4 Å². The topological polar surface area (TPSA) is 76.7 Å². The third-order valence-corrected chi connectivity index (χ3v) is 4.90. The number of methoxy groups -OCH3 is 2. The van der Waals surface area contributed by atoms with E-state index in [1.165, 1.54) is 25.6 Å². The Balaban J connectivity index is 1.76. The Kier molecular flexibility index (Phi) is 5.38. The molecule has 1 aromatic heterocycles. The molecule has 2 N–H and O–H groups in total. The predicted octanol–water partition coefficient (Wildman–Crippen LogP) is 4.02. The van der Waals surface area contributed by atoms with Crippen LogP contribution in [0.25, 0.3) is 10.1 Å². The van der Waals surface area contributed by atoms with Gasteiger partial charge in [-0.05, 0) is 23.8 Å². The lowest BCUT2D eigenvalue weighted by Crippen LogP contribution is -2.28. The normalized spacial score (nSPS) is 10.4. The van der Waals surface area contributed by atoms with Crippen LogP contribution in [0.1, 0.15) is 15.2 Å². The first-order valence-corrected chi connectivity index (χ1v) is 8.71. The molecule has 2 aromatic carbocycles. The van der Waals surface area contributed by atoms with E-state index in [-0.39, 0.29) is 6.03 Å². The fourth-order valence-electron chi connectivity index (χ4n) is 2.54. The van der Waals surface area contributed by atoms with E-state index in [9.17, 15) is 9.59 Å². The summed E-state index contributed by atoms with van der Waals surface area (Å²) >= 11 is 1.29. The minimum atomic E-state index is -0.446. The summed E-state index contributed by atoms with van der Waals surface area (Å²) in [6, 6.07) is 14.7. The number of fused-ring (bicyclic) bond motifs is 1. The van der Waals surface area contributed by atoms with E-state index < -0.39 is 5.97 Å². The zero-order valence-electron chi connectivity index (χ0n) is 14.4. The van der Waals surface area contributed by atoms with Gasteiger partial charge in [-0.25, -0.2) is 9.59 Å². The molecule has 1 heterocycles. The van der Waals surface area contributed by atoms with Gasteiger partial charge in [-0.3, -0.25) is 0 Å². The number of hydrogen-bond acceptors (Lipinski definition) is 5. The number of anilines is 1. The molecule has 0 saturated carbocycles. The minimum Gasteiger partial charge on any atom is -0.494 e. The van der Waals surface area contributed by atoms with Gasteiger partial charge in [-0.15, -0.1) is 11.3 Å². The maximum absolute atomic E-state index is 12.1. The standard InChI is InChI=1S/C19H18N2O4S/c1-24-16-14-10-13(8-9-15(14)26-17(16)18(22)25-2)21-19(23)20-11-12-6-4-3-5-7-12/h3-10H,11H2,1-2H3,(H2,20,21,23). The molecule has 0 atom stereocenters. The monoisotopic (exact) mass is 370 g/mol. The van der Waals surface area contributed by atoms with Crippen LogP contribution in [0.5, 0.6) is 5.75 Å². The molecule has 0 unspecified atom stereocenters. The lowest BCUT2D eigenvalue weighted by Gasteiger charge is -2.08. The lowest BCUT2D eigenvalue weighted by atomic mass is 10.2. The Labute approximate surface area is 154 Å². The Hall–Kier alpha value is -3.06. The van der Waals surface area contributed by atoms with Crippen LogP contribution in [0.4, 0.5) is 10.5 Å². The molecule has 0 aliphatic heterocycles. The van der Waals surface area contributed by atoms with Gasteiger partial charge in [-0.2, -0.15) is 0 Å². The van der Waals surface area contributed by atoms with Gasteiger partial charge in [0, 0.05) is 22.3 Å². The molecule has 26 heavy (non-hydrogen) atoms. The second-order valence-corrected chi connectivity index (χ2v) is 6.51. The molecule has 0 bridgehead atoms. The van der Waals surface area contributed by atoms with Crippen LogP contribution in [0, 0.1) is 0 Å². The molecule has 0 saturated heterocycles. The summed E-state index contributed by atoms with van der Waals surface area (Å²) in [6.45, 7) is 0.434. The molecule has 0 fully saturated rings. The van der Waals surface area contributed by atoms with E-state index in [4.69, 9.17) is 9.47 Å². The Morgan fingerprint density at radius 3 is 2.54 bits per heavy atom. The number of hydrogen-bond donors (Lipinski definition) is 2. The van der Waals surface area contributed by atoms with Crippen molar-refractivity contribution in [3.8, 4) is 5.75 Å². The average molecular weight is 370 g/mol. The first-order chi connectivity index (χ1) is 12.6. The molecule has 0 spiro atoms. The highest BCUT2D eigenvalue weighted by Crippen LogP contribution is 2.39. The van der Waals surface area contributed by atoms with Gasteiger partial charge in [0.25, 0.3) is 0 Å². The first kappa shape index (κ1) is 17.8. The first-order valence-electron chi connectivity index (χ1n) is 7.90. The van der Waals surface area contributed by atoms with E-state index in [0.29, 0.717) is 22.9 Å². The van der Waals surface area contributed by atoms with Crippen LogP contribution in [0.2, 0.25) is 0 Å². The maximum atomic E-state index is 12.1. The van der Waals surface area contributed by atoms with Crippen molar-refractivity contribution in [1.29, 1.82) is 0 Å². The Bertz CT molecular complexity index is 937. The molecule has 6 nitrogen and oxygen atoms in total. The van der Waals surface area contributed by atoms with E-state index in [2.05, 4.69) is 10.6 Å². The van der Waals surface area contributed by atoms with Gasteiger partial charge >= 0.3 is 12.0 Å². The highest BCUT2D eigenvalue weighted by molar-refractivity contribution is 7.21. The van der Waals surface area contributed by atoms with Gasteiger partial charge in [0.1, 0.15) is 0 Å². The van der Waals surface area contributed by atoms with Gasteiger partial charge in [0.05, 0.1) is 14.2 Å². The number of carbonyl (C=O) groups is 2. The molecule has 3 aromatic rings. The number of carbonyl (C=O) groups excluding carboxylic acids is 2. The number of urea groups is 1. The summed E-state index contributed by atoms with van der Waals surface area (Å²) < 4.78 is 11.0. The molecule has 134 valence electrons. The van der Waals surface area contributed by atoms with Crippen molar-refractivity contribution in [3.63, 3.8) is 0 Å². The van der Waals surface area contributed by atoms with Crippen LogP contribution >= 0.6 is 11.3 Å². The van der Waals surface area contributed by atoms with Crippen LogP contribution < -0.4 is 15.4 Å². The van der Waals surface area contributed by atoms with Crippen molar-refractivity contribution in [2.45, 2.75) is 6.54 Å². The minimum absolute atomic E-state index is 0.310. The lowest BCUT2D eigenvalue weighted by molar-refractivity contribution is 0.0603. The molecular weight excluding hydrogens is 352 g/mol. The van der Waals surface area contributed by atoms with Gasteiger partial charge < -0.3 is 20.1 Å². The number of rotatable bonds is 5. The SMILES string of the molecule is COC(=O)c1sc2ccc(NC(=O)NCc3ccccc3)cc2c1OC. The molecule has 0 aliphatic carbocycles. The van der Waals surface area contributed by atoms with Crippen LogP contribution in [0.15, 0.2) is 48.5 Å². The Morgan fingerprint density at radius 1 is 1.08 bits per heavy atom. The van der Waals surface area contributed by atoms with Gasteiger partial charge in [0.2, 0.25) is 0 Å². The van der Waals surface area contributed by atoms with E-state index >= 15 is 0 Å². The molecule has 7 heteroatoms. The summed E-state index contributed by atoms with van der Waals surface area (Å²) in [7, 11) is 2.83. The number of nitrogens with one attached hydrogen (secondary N) is 2. The number of amides is 2. The van der Waals surface area contributed by atoms with Crippen LogP contribution in [0.3, 0.4) is 0 Å². The van der Waals surface area contributed by atoms with Crippen molar-refractivity contribution < 1.29 is 19.1 Å². The highest BCUT2D eigenvalue weighted by Gasteiger charge is 2.20. The van der Waals surface area contributed by atoms with E-state index in [1.54, 1.807) is 12.1 Å². The van der Waals surface area contributed by atoms with Gasteiger partial charge in [0.15, 0.2) is 10.6 Å². The third-order valence-electron chi connectivity index (χ3n) is 3.77. The van der Waals surface area contributed by atoms with Crippen LogP contribution in [-0.2, 0) is 11.3 Å². The van der Waals surface area contributed by atoms with Crippen molar-refractivity contribution in [3.05, 3.63) is 59.0 Å². The quantitative estimate of drug-likeness (QED) is 0.665. The summed E-state index contributed by atoms with van der Waals surface area (Å²) in [6.07, 6.45) is 0. The summed E-state index contributed by atoms with van der Waals surface area (Å²) in [5, 5.41) is 6.34. The van der Waals surface area contributed by atoms with Crippen molar-refractivity contribution >= 4 is 39.1 Å². The Morgan fingerprint density at radius 2 is 1.85 bits per heavy atom. The van der Waals surface area contributed by atoms with Crippen LogP contribution in [-0.4, -0.2) is 26.2 Å². The second kappa shape index (κ2) is 7.88. The number of ether oxygens (including phenoxy) is 2. The number of benzene rings is 2.